The molecule has 4 aromatic rings. The summed E-state index contributed by atoms with van der Waals surface area (Å²) >= 11 is 0. The zero-order valence-electron chi connectivity index (χ0n) is 21.8. The standard InChI is InChI=1S/C29H28FN7O3/c1-19(28(38)39)20-2-4-21(5-3-20)22-6-8-23(9-7-22)34-25-11-10-24(31-16-25)17-33-36-29-32-18-26(30)27(35-29)37-12-14-40-15-13-37/h2-11,16-19,34H,12-15H2,1H3,(H,38,39)(H,32,35,36)/b33-17+. The summed E-state index contributed by atoms with van der Waals surface area (Å²) in [5.74, 6) is -1.46. The van der Waals surface area contributed by atoms with Gasteiger partial charge in [-0.3, -0.25) is 9.78 Å². The number of benzene rings is 2. The fourth-order valence-corrected chi connectivity index (χ4v) is 4.14. The third kappa shape index (κ3) is 6.56. The van der Waals surface area contributed by atoms with Crippen LogP contribution in [-0.4, -0.2) is 58.5 Å². The average Bonchev–Trinajstić information content (AvgIpc) is 2.99. The van der Waals surface area contributed by atoms with E-state index in [1.165, 1.54) is 6.21 Å². The number of halogens is 1. The Morgan fingerprint density at radius 1 is 1.00 bits per heavy atom. The average molecular weight is 542 g/mol. The number of nitrogens with zero attached hydrogens (tertiary/aromatic N) is 5. The summed E-state index contributed by atoms with van der Waals surface area (Å²) < 4.78 is 19.5. The Morgan fingerprint density at radius 3 is 2.33 bits per heavy atom. The molecular weight excluding hydrogens is 513 g/mol. The molecule has 3 heterocycles. The molecule has 2 aromatic heterocycles. The van der Waals surface area contributed by atoms with Crippen LogP contribution in [0, 0.1) is 5.82 Å². The molecule has 10 nitrogen and oxygen atoms in total. The molecule has 0 aliphatic carbocycles. The van der Waals surface area contributed by atoms with Gasteiger partial charge in [0.05, 0.1) is 49.1 Å². The normalized spacial score (nSPS) is 14.2. The topological polar surface area (TPSA) is 125 Å². The van der Waals surface area contributed by atoms with Gasteiger partial charge in [0, 0.05) is 18.8 Å². The number of hydrogen-bond donors (Lipinski definition) is 3. The number of aromatic nitrogens is 3. The van der Waals surface area contributed by atoms with E-state index in [1.807, 2.05) is 65.6 Å². The van der Waals surface area contributed by atoms with Crippen LogP contribution in [0.5, 0.6) is 0 Å². The van der Waals surface area contributed by atoms with Crippen LogP contribution in [0.4, 0.5) is 27.5 Å². The molecule has 0 spiro atoms. The highest BCUT2D eigenvalue weighted by Crippen LogP contribution is 2.25. The number of ether oxygens (including phenoxy) is 1. The lowest BCUT2D eigenvalue weighted by Gasteiger charge is -2.27. The molecule has 0 amide bonds. The second-order valence-corrected chi connectivity index (χ2v) is 9.19. The van der Waals surface area contributed by atoms with Crippen molar-refractivity contribution in [3.8, 4) is 11.1 Å². The zero-order valence-corrected chi connectivity index (χ0v) is 21.8. The van der Waals surface area contributed by atoms with Crippen molar-refractivity contribution in [3.63, 3.8) is 0 Å². The molecule has 1 unspecified atom stereocenters. The van der Waals surface area contributed by atoms with Crippen LogP contribution in [0.25, 0.3) is 11.1 Å². The van der Waals surface area contributed by atoms with Crippen molar-refractivity contribution in [3.05, 3.63) is 90.1 Å². The molecule has 0 bridgehead atoms. The first-order valence-electron chi connectivity index (χ1n) is 12.8. The molecule has 1 saturated heterocycles. The molecule has 1 aliphatic rings. The van der Waals surface area contributed by atoms with E-state index in [0.29, 0.717) is 32.0 Å². The van der Waals surface area contributed by atoms with Crippen molar-refractivity contribution in [2.75, 3.05) is 41.9 Å². The van der Waals surface area contributed by atoms with Crippen LogP contribution < -0.4 is 15.6 Å². The molecule has 1 aliphatic heterocycles. The minimum Gasteiger partial charge on any atom is -0.481 e. The van der Waals surface area contributed by atoms with Crippen molar-refractivity contribution in [2.24, 2.45) is 5.10 Å². The zero-order chi connectivity index (χ0) is 27.9. The van der Waals surface area contributed by atoms with E-state index in [0.717, 1.165) is 34.3 Å². The van der Waals surface area contributed by atoms with Gasteiger partial charge in [0.15, 0.2) is 11.6 Å². The maximum atomic E-state index is 14.2. The Bertz CT molecular complexity index is 1470. The first-order chi connectivity index (χ1) is 19.5. The Balaban J connectivity index is 1.16. The van der Waals surface area contributed by atoms with Crippen molar-refractivity contribution >= 4 is 35.3 Å². The predicted octanol–water partition coefficient (Wildman–Crippen LogP) is 4.89. The van der Waals surface area contributed by atoms with Crippen molar-refractivity contribution < 1.29 is 19.0 Å². The van der Waals surface area contributed by atoms with Crippen molar-refractivity contribution in [1.29, 1.82) is 0 Å². The quantitative estimate of drug-likeness (QED) is 0.201. The highest BCUT2D eigenvalue weighted by molar-refractivity contribution is 5.78. The maximum absolute atomic E-state index is 14.2. The number of anilines is 4. The Labute approximate surface area is 230 Å². The third-order valence-electron chi connectivity index (χ3n) is 6.47. The molecule has 40 heavy (non-hydrogen) atoms. The van der Waals surface area contributed by atoms with Crippen molar-refractivity contribution in [1.82, 2.24) is 15.0 Å². The van der Waals surface area contributed by atoms with Gasteiger partial charge in [-0.2, -0.15) is 10.1 Å². The fraction of sp³-hybridized carbons (Fsp3) is 0.207. The van der Waals surface area contributed by atoms with Gasteiger partial charge < -0.3 is 20.1 Å². The van der Waals surface area contributed by atoms with E-state index in [-0.39, 0.29) is 11.8 Å². The van der Waals surface area contributed by atoms with E-state index in [9.17, 15) is 14.3 Å². The number of carboxylic acids is 1. The summed E-state index contributed by atoms with van der Waals surface area (Å²) in [7, 11) is 0. The van der Waals surface area contributed by atoms with Crippen LogP contribution in [-0.2, 0) is 9.53 Å². The molecule has 0 saturated carbocycles. The van der Waals surface area contributed by atoms with Crippen LogP contribution in [0.15, 0.2) is 78.2 Å². The highest BCUT2D eigenvalue weighted by atomic mass is 19.1. The van der Waals surface area contributed by atoms with Gasteiger partial charge >= 0.3 is 5.97 Å². The van der Waals surface area contributed by atoms with E-state index in [1.54, 1.807) is 13.1 Å². The monoisotopic (exact) mass is 541 g/mol. The molecule has 1 fully saturated rings. The fourth-order valence-electron chi connectivity index (χ4n) is 4.14. The van der Waals surface area contributed by atoms with Crippen LogP contribution in [0.1, 0.15) is 24.1 Å². The van der Waals surface area contributed by atoms with Crippen LogP contribution in [0.2, 0.25) is 0 Å². The molecule has 204 valence electrons. The van der Waals surface area contributed by atoms with Gasteiger partial charge in [-0.15, -0.1) is 0 Å². The Kier molecular flexibility index (Phi) is 8.21. The smallest absolute Gasteiger partial charge is 0.310 e. The summed E-state index contributed by atoms with van der Waals surface area (Å²) in [5, 5.41) is 16.6. The van der Waals surface area contributed by atoms with Gasteiger partial charge in [0.25, 0.3) is 0 Å². The SMILES string of the molecule is CC(C(=O)O)c1ccc(-c2ccc(Nc3ccc(/C=N/Nc4ncc(F)c(N5CCOCC5)n4)nc3)cc2)cc1. The maximum Gasteiger partial charge on any atom is 0.310 e. The van der Waals surface area contributed by atoms with E-state index in [4.69, 9.17) is 4.74 Å². The number of nitrogens with one attached hydrogen (secondary N) is 2. The second-order valence-electron chi connectivity index (χ2n) is 9.19. The largest absolute Gasteiger partial charge is 0.481 e. The number of hydrazone groups is 1. The number of pyridine rings is 1. The summed E-state index contributed by atoms with van der Waals surface area (Å²) in [6, 6.07) is 19.2. The molecule has 5 rings (SSSR count). The first kappa shape index (κ1) is 26.7. The Hall–Kier alpha value is -4.90. The van der Waals surface area contributed by atoms with E-state index >= 15 is 0 Å². The summed E-state index contributed by atoms with van der Waals surface area (Å²) in [6.07, 6.45) is 4.35. The molecule has 3 N–H and O–H groups in total. The Morgan fingerprint density at radius 2 is 1.68 bits per heavy atom. The summed E-state index contributed by atoms with van der Waals surface area (Å²) in [4.78, 5) is 25.6. The number of hydrogen-bond acceptors (Lipinski definition) is 9. The number of morpholine rings is 1. The van der Waals surface area contributed by atoms with Gasteiger partial charge in [0.2, 0.25) is 5.95 Å². The van der Waals surface area contributed by atoms with E-state index < -0.39 is 17.7 Å². The van der Waals surface area contributed by atoms with Gasteiger partial charge in [-0.05, 0) is 47.9 Å². The predicted molar refractivity (Wildman–Crippen MR) is 152 cm³/mol. The number of aliphatic carboxylic acids is 1. The lowest BCUT2D eigenvalue weighted by Crippen LogP contribution is -2.37. The molecule has 1 atom stereocenters. The number of carboxylic acid groups (broad SMARTS) is 1. The minimum absolute atomic E-state index is 0.187. The van der Waals surface area contributed by atoms with E-state index in [2.05, 4.69) is 30.8 Å². The van der Waals surface area contributed by atoms with Crippen molar-refractivity contribution in [2.45, 2.75) is 12.8 Å². The highest BCUT2D eigenvalue weighted by Gasteiger charge is 2.18. The van der Waals surface area contributed by atoms with Gasteiger partial charge in [-0.1, -0.05) is 36.4 Å². The summed E-state index contributed by atoms with van der Waals surface area (Å²) in [6.45, 7) is 3.85. The number of rotatable bonds is 9. The van der Waals surface area contributed by atoms with Crippen LogP contribution >= 0.6 is 0 Å². The number of carbonyl (C=O) groups is 1. The van der Waals surface area contributed by atoms with Crippen LogP contribution in [0.3, 0.4) is 0 Å². The summed E-state index contributed by atoms with van der Waals surface area (Å²) in [5.41, 5.74) is 7.86. The molecule has 2 aromatic carbocycles. The second kappa shape index (κ2) is 12.3. The molecule has 0 radical (unpaired) electrons. The molecular formula is C29H28FN7O3. The lowest BCUT2D eigenvalue weighted by molar-refractivity contribution is -0.138. The van der Waals surface area contributed by atoms with Gasteiger partial charge in [-0.25, -0.2) is 14.8 Å². The first-order valence-corrected chi connectivity index (χ1v) is 12.8. The minimum atomic E-state index is -0.840. The molecule has 11 heteroatoms. The lowest BCUT2D eigenvalue weighted by atomic mass is 9.97. The third-order valence-corrected chi connectivity index (χ3v) is 6.47. The van der Waals surface area contributed by atoms with Gasteiger partial charge in [0.1, 0.15) is 0 Å².